The molecule has 0 aliphatic carbocycles. The van der Waals surface area contributed by atoms with Gasteiger partial charge in [-0.1, -0.05) is 18.2 Å². The summed E-state index contributed by atoms with van der Waals surface area (Å²) in [6.07, 6.45) is -4.52. The molecule has 108 valence electrons. The molecule has 2 aromatic carbocycles. The summed E-state index contributed by atoms with van der Waals surface area (Å²) in [5, 5.41) is 0. The third kappa shape index (κ3) is 2.22. The van der Waals surface area contributed by atoms with Gasteiger partial charge in [0.25, 0.3) is 0 Å². The number of halogens is 3. The van der Waals surface area contributed by atoms with Crippen molar-refractivity contribution in [3.63, 3.8) is 0 Å². The predicted octanol–water partition coefficient (Wildman–Crippen LogP) is 3.65. The Kier molecular flexibility index (Phi) is 2.90. The second-order valence-electron chi connectivity index (χ2n) is 4.80. The van der Waals surface area contributed by atoms with Crippen LogP contribution in [0.4, 0.5) is 13.2 Å². The molecule has 6 heteroatoms. The number of fused-ring (bicyclic) bond motifs is 1. The number of benzene rings is 2. The Morgan fingerprint density at radius 2 is 1.81 bits per heavy atom. The summed E-state index contributed by atoms with van der Waals surface area (Å²) >= 11 is 0. The van der Waals surface area contributed by atoms with Crippen LogP contribution in [-0.2, 0) is 6.18 Å². The van der Waals surface area contributed by atoms with E-state index in [1.807, 2.05) is 6.92 Å². The van der Waals surface area contributed by atoms with Gasteiger partial charge < -0.3 is 4.98 Å². The van der Waals surface area contributed by atoms with Gasteiger partial charge in [-0.2, -0.15) is 13.2 Å². The molecule has 0 saturated heterocycles. The van der Waals surface area contributed by atoms with Crippen molar-refractivity contribution in [3.8, 4) is 5.69 Å². The second-order valence-corrected chi connectivity index (χ2v) is 4.80. The number of hydrogen-bond donors (Lipinski definition) is 1. The molecule has 3 aromatic rings. The number of nitrogens with zero attached hydrogens (tertiary/aromatic N) is 1. The van der Waals surface area contributed by atoms with Crippen LogP contribution in [0.2, 0.25) is 0 Å². The average Bonchev–Trinajstić information content (AvgIpc) is 2.72. The number of para-hydroxylation sites is 1. The van der Waals surface area contributed by atoms with Crippen molar-refractivity contribution in [1.82, 2.24) is 9.55 Å². The minimum absolute atomic E-state index is 0.176. The number of hydrogen-bond acceptors (Lipinski definition) is 1. The Morgan fingerprint density at radius 3 is 2.52 bits per heavy atom. The zero-order chi connectivity index (χ0) is 15.2. The topological polar surface area (TPSA) is 37.8 Å². The highest BCUT2D eigenvalue weighted by Crippen LogP contribution is 2.34. The van der Waals surface area contributed by atoms with Crippen LogP contribution in [0.25, 0.3) is 16.7 Å². The van der Waals surface area contributed by atoms with E-state index in [2.05, 4.69) is 4.98 Å². The molecular formula is C15H11F3N2O. The van der Waals surface area contributed by atoms with Crippen LogP contribution in [0.15, 0.2) is 47.3 Å². The lowest BCUT2D eigenvalue weighted by molar-refractivity contribution is -0.137. The molecule has 3 nitrogen and oxygen atoms in total. The van der Waals surface area contributed by atoms with Crippen molar-refractivity contribution in [3.05, 3.63) is 64.1 Å². The average molecular weight is 292 g/mol. The molecule has 0 radical (unpaired) electrons. The van der Waals surface area contributed by atoms with E-state index in [1.165, 1.54) is 18.2 Å². The molecule has 1 N–H and O–H groups in total. The summed E-state index contributed by atoms with van der Waals surface area (Å²) in [5.74, 6) is 0. The number of alkyl halides is 3. The third-order valence-corrected chi connectivity index (χ3v) is 3.29. The highest BCUT2D eigenvalue weighted by molar-refractivity contribution is 5.78. The molecule has 0 atom stereocenters. The standard InChI is InChI=1S/C15H11F3N2O/c1-9-6-7-13-11(8-9)19-14(21)20(13)12-5-3-2-4-10(12)15(16,17)18/h2-8H,1H3,(H,19,21). The first-order valence-corrected chi connectivity index (χ1v) is 6.26. The SMILES string of the molecule is Cc1ccc2c(c1)[nH]c(=O)n2-c1ccccc1C(F)(F)F. The number of aryl methyl sites for hydroxylation is 1. The van der Waals surface area contributed by atoms with E-state index in [9.17, 15) is 18.0 Å². The van der Waals surface area contributed by atoms with Crippen LogP contribution in [0.1, 0.15) is 11.1 Å². The fourth-order valence-corrected chi connectivity index (χ4v) is 2.37. The van der Waals surface area contributed by atoms with Gasteiger partial charge in [-0.05, 0) is 36.8 Å². The summed E-state index contributed by atoms with van der Waals surface area (Å²) in [5.41, 5.74) is 0.241. The Hall–Kier alpha value is -2.50. The maximum absolute atomic E-state index is 13.1. The highest BCUT2D eigenvalue weighted by Gasteiger charge is 2.34. The number of rotatable bonds is 1. The monoisotopic (exact) mass is 292 g/mol. The Balaban J connectivity index is 2.37. The zero-order valence-electron chi connectivity index (χ0n) is 11.0. The fourth-order valence-electron chi connectivity index (χ4n) is 2.37. The van der Waals surface area contributed by atoms with Gasteiger partial charge in [-0.25, -0.2) is 4.79 Å². The Labute approximate surface area is 117 Å². The van der Waals surface area contributed by atoms with Crippen molar-refractivity contribution >= 4 is 11.0 Å². The van der Waals surface area contributed by atoms with Crippen LogP contribution in [0, 0.1) is 6.92 Å². The largest absolute Gasteiger partial charge is 0.418 e. The van der Waals surface area contributed by atoms with Crippen molar-refractivity contribution < 1.29 is 13.2 Å². The first kappa shape index (κ1) is 13.5. The fraction of sp³-hybridized carbons (Fsp3) is 0.133. The lowest BCUT2D eigenvalue weighted by atomic mass is 10.1. The van der Waals surface area contributed by atoms with Gasteiger partial charge in [-0.15, -0.1) is 0 Å². The van der Waals surface area contributed by atoms with Crippen molar-refractivity contribution in [2.75, 3.05) is 0 Å². The molecule has 1 heterocycles. The second kappa shape index (κ2) is 4.51. The smallest absolute Gasteiger partial charge is 0.305 e. The molecule has 0 fully saturated rings. The summed E-state index contributed by atoms with van der Waals surface area (Å²) in [6, 6.07) is 10.1. The maximum Gasteiger partial charge on any atom is 0.418 e. The lowest BCUT2D eigenvalue weighted by Crippen LogP contribution is -2.19. The summed E-state index contributed by atoms with van der Waals surface area (Å²) < 4.78 is 40.4. The predicted molar refractivity (Wildman–Crippen MR) is 73.6 cm³/mol. The molecule has 0 spiro atoms. The normalized spacial score (nSPS) is 12.0. The van der Waals surface area contributed by atoms with Crippen molar-refractivity contribution in [2.24, 2.45) is 0 Å². The van der Waals surface area contributed by atoms with Gasteiger partial charge in [0.15, 0.2) is 0 Å². The number of aromatic nitrogens is 2. The number of H-pyrrole nitrogens is 1. The summed E-state index contributed by atoms with van der Waals surface area (Å²) in [4.78, 5) is 14.7. The molecule has 3 rings (SSSR count). The molecule has 0 saturated carbocycles. The van der Waals surface area contributed by atoms with Crippen molar-refractivity contribution in [2.45, 2.75) is 13.1 Å². The molecule has 1 aromatic heterocycles. The van der Waals surface area contributed by atoms with Gasteiger partial charge in [0.1, 0.15) is 0 Å². The number of imidazole rings is 1. The van der Waals surface area contributed by atoms with Crippen LogP contribution < -0.4 is 5.69 Å². The molecular weight excluding hydrogens is 281 g/mol. The van der Waals surface area contributed by atoms with E-state index in [4.69, 9.17) is 0 Å². The van der Waals surface area contributed by atoms with E-state index >= 15 is 0 Å². The molecule has 21 heavy (non-hydrogen) atoms. The summed E-state index contributed by atoms with van der Waals surface area (Å²) in [7, 11) is 0. The lowest BCUT2D eigenvalue weighted by Gasteiger charge is -2.13. The van der Waals surface area contributed by atoms with Gasteiger partial charge in [0.05, 0.1) is 22.3 Å². The van der Waals surface area contributed by atoms with Crippen LogP contribution in [0.3, 0.4) is 0 Å². The van der Waals surface area contributed by atoms with Crippen LogP contribution in [-0.4, -0.2) is 9.55 Å². The van der Waals surface area contributed by atoms with Gasteiger partial charge in [-0.3, -0.25) is 4.57 Å². The van der Waals surface area contributed by atoms with E-state index in [1.54, 1.807) is 18.2 Å². The Morgan fingerprint density at radius 1 is 1.10 bits per heavy atom. The molecule has 0 aliphatic heterocycles. The minimum Gasteiger partial charge on any atom is -0.305 e. The number of nitrogens with one attached hydrogen (secondary N) is 1. The van der Waals surface area contributed by atoms with E-state index in [0.29, 0.717) is 11.0 Å². The molecule has 0 unspecified atom stereocenters. The van der Waals surface area contributed by atoms with E-state index < -0.39 is 17.4 Å². The molecule has 0 aliphatic rings. The molecule has 0 amide bonds. The van der Waals surface area contributed by atoms with Crippen molar-refractivity contribution in [1.29, 1.82) is 0 Å². The van der Waals surface area contributed by atoms with Gasteiger partial charge in [0, 0.05) is 0 Å². The minimum atomic E-state index is -4.52. The number of aromatic amines is 1. The van der Waals surface area contributed by atoms with E-state index in [-0.39, 0.29) is 5.69 Å². The highest BCUT2D eigenvalue weighted by atomic mass is 19.4. The molecule has 0 bridgehead atoms. The maximum atomic E-state index is 13.1. The third-order valence-electron chi connectivity index (χ3n) is 3.29. The van der Waals surface area contributed by atoms with E-state index in [0.717, 1.165) is 16.2 Å². The zero-order valence-corrected chi connectivity index (χ0v) is 11.0. The quantitative estimate of drug-likeness (QED) is 0.730. The first-order chi connectivity index (χ1) is 9.88. The van der Waals surface area contributed by atoms with Gasteiger partial charge >= 0.3 is 11.9 Å². The first-order valence-electron chi connectivity index (χ1n) is 6.26. The van der Waals surface area contributed by atoms with Gasteiger partial charge in [0.2, 0.25) is 0 Å². The van der Waals surface area contributed by atoms with Crippen LogP contribution >= 0.6 is 0 Å². The Bertz CT molecular complexity index is 874. The van der Waals surface area contributed by atoms with Crippen LogP contribution in [0.5, 0.6) is 0 Å². The summed E-state index contributed by atoms with van der Waals surface area (Å²) in [6.45, 7) is 1.85.